The number of quaternary nitrogens is 1. The number of carbonyl (C=O) groups excluding carboxylic acids is 1. The topological polar surface area (TPSA) is 77.4 Å². The van der Waals surface area contributed by atoms with Crippen LogP contribution in [0, 0.1) is 6.92 Å². The molecular formula is C21H20N2O3. The number of carboxylic acid groups (broad SMARTS) is 1. The highest BCUT2D eigenvalue weighted by Crippen LogP contribution is 2.14. The van der Waals surface area contributed by atoms with Crippen LogP contribution in [0.4, 0.5) is 0 Å². The zero-order valence-corrected chi connectivity index (χ0v) is 14.6. The molecule has 5 nitrogen and oxygen atoms in total. The minimum absolute atomic E-state index is 0.0250. The summed E-state index contributed by atoms with van der Waals surface area (Å²) < 4.78 is 0. The molecule has 0 amide bonds. The number of aryl methyl sites for hydroxylation is 1. The quantitative estimate of drug-likeness (QED) is 0.717. The van der Waals surface area contributed by atoms with Gasteiger partial charge in [0.25, 0.3) is 0 Å². The van der Waals surface area contributed by atoms with Gasteiger partial charge in [-0.25, -0.2) is 0 Å². The zero-order chi connectivity index (χ0) is 18.3. The van der Waals surface area contributed by atoms with Crippen molar-refractivity contribution in [3.63, 3.8) is 0 Å². The molecule has 0 saturated carbocycles. The number of aromatic carboxylic acids is 1. The minimum Gasteiger partial charge on any atom is -0.545 e. The van der Waals surface area contributed by atoms with Gasteiger partial charge in [-0.3, -0.25) is 4.79 Å². The Morgan fingerprint density at radius 3 is 2.73 bits per heavy atom. The van der Waals surface area contributed by atoms with E-state index in [2.05, 4.69) is 29.2 Å². The maximum Gasteiger partial charge on any atom is 0.198 e. The lowest BCUT2D eigenvalue weighted by Gasteiger charge is -2.26. The lowest BCUT2D eigenvalue weighted by atomic mass is 9.99. The third kappa shape index (κ3) is 2.91. The number of hydrogen-bond acceptors (Lipinski definition) is 3. The van der Waals surface area contributed by atoms with E-state index in [0.717, 1.165) is 30.8 Å². The molecule has 132 valence electrons. The van der Waals surface area contributed by atoms with Gasteiger partial charge in [-0.2, -0.15) is 0 Å². The number of benzene rings is 2. The summed E-state index contributed by atoms with van der Waals surface area (Å²) in [4.78, 5) is 28.7. The van der Waals surface area contributed by atoms with Crippen molar-refractivity contribution in [3.05, 3.63) is 80.6 Å². The molecule has 0 fully saturated rings. The van der Waals surface area contributed by atoms with Gasteiger partial charge in [-0.15, -0.1) is 0 Å². The predicted molar refractivity (Wildman–Crippen MR) is 97.0 cm³/mol. The Morgan fingerprint density at radius 2 is 1.96 bits per heavy atom. The second-order valence-corrected chi connectivity index (χ2v) is 6.98. The second-order valence-electron chi connectivity index (χ2n) is 6.98. The summed E-state index contributed by atoms with van der Waals surface area (Å²) in [5.74, 6) is -1.27. The van der Waals surface area contributed by atoms with Gasteiger partial charge in [0.2, 0.25) is 0 Å². The number of pyridine rings is 1. The number of hydrogen-bond donors (Lipinski definition) is 2. The lowest BCUT2D eigenvalue weighted by Crippen LogP contribution is -3.10. The molecule has 1 aliphatic rings. The van der Waals surface area contributed by atoms with Gasteiger partial charge >= 0.3 is 0 Å². The van der Waals surface area contributed by atoms with Crippen LogP contribution in [0.1, 0.15) is 32.7 Å². The van der Waals surface area contributed by atoms with Crippen LogP contribution in [0.5, 0.6) is 0 Å². The highest BCUT2D eigenvalue weighted by Gasteiger charge is 2.22. The van der Waals surface area contributed by atoms with Gasteiger partial charge in [0.15, 0.2) is 5.43 Å². The summed E-state index contributed by atoms with van der Waals surface area (Å²) in [6.45, 7) is 4.40. The van der Waals surface area contributed by atoms with Crippen molar-refractivity contribution < 1.29 is 14.8 Å². The van der Waals surface area contributed by atoms with Crippen LogP contribution in [0.15, 0.2) is 47.3 Å². The molecule has 2 N–H and O–H groups in total. The molecule has 0 aliphatic carbocycles. The van der Waals surface area contributed by atoms with Gasteiger partial charge in [0, 0.05) is 28.6 Å². The fourth-order valence-electron chi connectivity index (χ4n) is 3.84. The number of aromatic amines is 1. The van der Waals surface area contributed by atoms with Crippen LogP contribution in [-0.4, -0.2) is 17.5 Å². The molecule has 1 aromatic heterocycles. The molecular weight excluding hydrogens is 328 g/mol. The van der Waals surface area contributed by atoms with Gasteiger partial charge in [0.05, 0.1) is 18.1 Å². The molecule has 0 spiro atoms. The first-order chi connectivity index (χ1) is 12.5. The third-order valence-electron chi connectivity index (χ3n) is 5.28. The monoisotopic (exact) mass is 348 g/mol. The molecule has 0 saturated heterocycles. The lowest BCUT2D eigenvalue weighted by molar-refractivity contribution is -0.929. The van der Waals surface area contributed by atoms with Crippen LogP contribution in [0.3, 0.4) is 0 Å². The Morgan fingerprint density at radius 1 is 1.19 bits per heavy atom. The number of fused-ring (bicyclic) bond motifs is 2. The van der Waals surface area contributed by atoms with Crippen molar-refractivity contribution in [1.82, 2.24) is 4.98 Å². The molecule has 0 radical (unpaired) electrons. The number of H-pyrrole nitrogens is 1. The fourth-order valence-corrected chi connectivity index (χ4v) is 3.84. The Hall–Kier alpha value is -2.92. The molecule has 1 aliphatic heterocycles. The average Bonchev–Trinajstić information content (AvgIpc) is 2.64. The van der Waals surface area contributed by atoms with Gasteiger partial charge in [0.1, 0.15) is 13.1 Å². The molecule has 1 atom stereocenters. The van der Waals surface area contributed by atoms with Gasteiger partial charge in [-0.1, -0.05) is 30.3 Å². The Bertz CT molecular complexity index is 1070. The van der Waals surface area contributed by atoms with E-state index in [-0.39, 0.29) is 11.0 Å². The molecule has 2 heterocycles. The molecule has 2 aromatic carbocycles. The van der Waals surface area contributed by atoms with Crippen molar-refractivity contribution in [2.24, 2.45) is 0 Å². The fraction of sp³-hybridized carbons (Fsp3) is 0.238. The van der Waals surface area contributed by atoms with E-state index in [1.807, 2.05) is 6.92 Å². The largest absolute Gasteiger partial charge is 0.545 e. The molecule has 26 heavy (non-hydrogen) atoms. The number of aromatic nitrogens is 1. The van der Waals surface area contributed by atoms with E-state index < -0.39 is 5.97 Å². The summed E-state index contributed by atoms with van der Waals surface area (Å²) in [5, 5.41) is 11.5. The van der Waals surface area contributed by atoms with E-state index in [0.29, 0.717) is 17.4 Å². The van der Waals surface area contributed by atoms with Gasteiger partial charge < -0.3 is 19.8 Å². The number of carboxylic acids is 1. The van der Waals surface area contributed by atoms with Crippen LogP contribution in [0.25, 0.3) is 10.9 Å². The number of nitrogens with one attached hydrogen (secondary N) is 2. The first kappa shape index (κ1) is 16.5. The summed E-state index contributed by atoms with van der Waals surface area (Å²) in [7, 11) is 0. The SMILES string of the molecule is Cc1[nH]c2ccc(C(=O)[O-])cc2c(=O)c1C[NH+]1CCc2ccccc2C1. The first-order valence-electron chi connectivity index (χ1n) is 8.80. The minimum atomic E-state index is -1.27. The zero-order valence-electron chi connectivity index (χ0n) is 14.6. The normalized spacial score (nSPS) is 16.4. The van der Waals surface area contributed by atoms with E-state index in [1.54, 1.807) is 6.07 Å². The number of rotatable bonds is 3. The van der Waals surface area contributed by atoms with Crippen molar-refractivity contribution in [3.8, 4) is 0 Å². The van der Waals surface area contributed by atoms with Crippen molar-refractivity contribution in [1.29, 1.82) is 0 Å². The Labute approximate surface area is 150 Å². The maximum atomic E-state index is 13.0. The summed E-state index contributed by atoms with van der Waals surface area (Å²) >= 11 is 0. The Kier molecular flexibility index (Phi) is 4.09. The Balaban J connectivity index is 1.70. The van der Waals surface area contributed by atoms with E-state index in [1.165, 1.54) is 28.2 Å². The van der Waals surface area contributed by atoms with Crippen molar-refractivity contribution in [2.45, 2.75) is 26.4 Å². The van der Waals surface area contributed by atoms with Crippen molar-refractivity contribution >= 4 is 16.9 Å². The van der Waals surface area contributed by atoms with E-state index >= 15 is 0 Å². The van der Waals surface area contributed by atoms with Crippen LogP contribution < -0.4 is 15.4 Å². The second kappa shape index (κ2) is 6.42. The van der Waals surface area contributed by atoms with Crippen LogP contribution in [-0.2, 0) is 19.5 Å². The highest BCUT2D eigenvalue weighted by atomic mass is 16.4. The average molecular weight is 348 g/mol. The smallest absolute Gasteiger partial charge is 0.198 e. The van der Waals surface area contributed by atoms with E-state index in [4.69, 9.17) is 0 Å². The summed E-state index contributed by atoms with van der Waals surface area (Å²) in [5.41, 5.74) is 4.88. The highest BCUT2D eigenvalue weighted by molar-refractivity contribution is 5.92. The third-order valence-corrected chi connectivity index (χ3v) is 5.28. The predicted octanol–water partition coefficient (Wildman–Crippen LogP) is 0.341. The first-order valence-corrected chi connectivity index (χ1v) is 8.80. The molecule has 3 aromatic rings. The molecule has 5 heteroatoms. The van der Waals surface area contributed by atoms with E-state index in [9.17, 15) is 14.7 Å². The summed E-state index contributed by atoms with van der Waals surface area (Å²) in [6, 6.07) is 12.9. The molecule has 4 rings (SSSR count). The maximum absolute atomic E-state index is 13.0. The standard InChI is InChI=1S/C21H20N2O3/c1-13-18(12-23-9-8-14-4-2-3-5-16(14)11-23)20(24)17-10-15(21(25)26)6-7-19(17)22-13/h2-7,10H,8-9,11-12H2,1H3,(H,22,24)(H,25,26). The van der Waals surface area contributed by atoms with Crippen molar-refractivity contribution in [2.75, 3.05) is 6.54 Å². The van der Waals surface area contributed by atoms with Crippen LogP contribution in [0.2, 0.25) is 0 Å². The van der Waals surface area contributed by atoms with Crippen LogP contribution >= 0.6 is 0 Å². The molecule has 1 unspecified atom stereocenters. The number of carbonyl (C=O) groups is 1. The molecule has 0 bridgehead atoms. The summed E-state index contributed by atoms with van der Waals surface area (Å²) in [6.07, 6.45) is 1.00. The van der Waals surface area contributed by atoms with Gasteiger partial charge in [-0.05, 0) is 30.2 Å².